The summed E-state index contributed by atoms with van der Waals surface area (Å²) in [6, 6.07) is 12.5. The van der Waals surface area contributed by atoms with Gasteiger partial charge in [0, 0.05) is 17.8 Å². The highest BCUT2D eigenvalue weighted by molar-refractivity contribution is 6.32. The van der Waals surface area contributed by atoms with Gasteiger partial charge < -0.3 is 10.1 Å². The summed E-state index contributed by atoms with van der Waals surface area (Å²) in [5.74, 6) is 0.685. The number of aryl methyl sites for hydroxylation is 2. The van der Waals surface area contributed by atoms with Gasteiger partial charge in [-0.2, -0.15) is 0 Å². The van der Waals surface area contributed by atoms with E-state index in [-0.39, 0.29) is 6.04 Å². The SMILES string of the molecule is COc1cc(NC(C)c2cc(C)cc(C)c2)ccc1Cl. The molecular formula is C17H20ClNO. The first-order chi connectivity index (χ1) is 9.49. The van der Waals surface area contributed by atoms with Crippen molar-refractivity contribution in [3.05, 3.63) is 58.1 Å². The van der Waals surface area contributed by atoms with E-state index in [4.69, 9.17) is 16.3 Å². The van der Waals surface area contributed by atoms with Gasteiger partial charge in [0.05, 0.1) is 12.1 Å². The normalized spacial score (nSPS) is 12.1. The third-order valence-electron chi connectivity index (χ3n) is 3.28. The van der Waals surface area contributed by atoms with Crippen LogP contribution in [-0.4, -0.2) is 7.11 Å². The van der Waals surface area contributed by atoms with E-state index in [1.54, 1.807) is 7.11 Å². The van der Waals surface area contributed by atoms with Crippen LogP contribution in [0.1, 0.15) is 29.7 Å². The zero-order chi connectivity index (χ0) is 14.7. The minimum Gasteiger partial charge on any atom is -0.495 e. The summed E-state index contributed by atoms with van der Waals surface area (Å²) in [6.45, 7) is 6.39. The van der Waals surface area contributed by atoms with Gasteiger partial charge in [-0.3, -0.25) is 0 Å². The van der Waals surface area contributed by atoms with Crippen LogP contribution in [0, 0.1) is 13.8 Å². The Morgan fingerprint density at radius 2 is 1.70 bits per heavy atom. The van der Waals surface area contributed by atoms with E-state index in [1.165, 1.54) is 16.7 Å². The second-order valence-corrected chi connectivity index (χ2v) is 5.54. The summed E-state index contributed by atoms with van der Waals surface area (Å²) in [7, 11) is 1.62. The number of rotatable bonds is 4. The molecule has 0 aromatic heterocycles. The van der Waals surface area contributed by atoms with E-state index in [0.717, 1.165) is 5.69 Å². The number of nitrogens with one attached hydrogen (secondary N) is 1. The Morgan fingerprint density at radius 1 is 1.05 bits per heavy atom. The van der Waals surface area contributed by atoms with Gasteiger partial charge >= 0.3 is 0 Å². The van der Waals surface area contributed by atoms with Crippen LogP contribution in [-0.2, 0) is 0 Å². The molecule has 2 aromatic rings. The summed E-state index contributed by atoms with van der Waals surface area (Å²) in [4.78, 5) is 0. The average molecular weight is 290 g/mol. The zero-order valence-electron chi connectivity index (χ0n) is 12.3. The summed E-state index contributed by atoms with van der Waals surface area (Å²) in [5, 5.41) is 4.10. The fourth-order valence-corrected chi connectivity index (χ4v) is 2.54. The zero-order valence-corrected chi connectivity index (χ0v) is 13.1. The number of hydrogen-bond donors (Lipinski definition) is 1. The van der Waals surface area contributed by atoms with Crippen LogP contribution in [0.4, 0.5) is 5.69 Å². The van der Waals surface area contributed by atoms with Gasteiger partial charge in [0.15, 0.2) is 0 Å². The molecule has 1 N–H and O–H groups in total. The van der Waals surface area contributed by atoms with Gasteiger partial charge in [-0.1, -0.05) is 40.9 Å². The Labute approximate surface area is 125 Å². The molecule has 0 aliphatic rings. The molecule has 20 heavy (non-hydrogen) atoms. The van der Waals surface area contributed by atoms with Crippen LogP contribution < -0.4 is 10.1 Å². The molecule has 1 atom stereocenters. The number of methoxy groups -OCH3 is 1. The first-order valence-corrected chi connectivity index (χ1v) is 7.05. The van der Waals surface area contributed by atoms with Crippen molar-refractivity contribution in [2.75, 3.05) is 12.4 Å². The molecule has 0 aliphatic carbocycles. The Kier molecular flexibility index (Phi) is 4.56. The lowest BCUT2D eigenvalue weighted by Crippen LogP contribution is -2.07. The molecule has 0 aliphatic heterocycles. The molecule has 2 nitrogen and oxygen atoms in total. The van der Waals surface area contributed by atoms with Crippen molar-refractivity contribution in [1.29, 1.82) is 0 Å². The molecule has 106 valence electrons. The van der Waals surface area contributed by atoms with Crippen LogP contribution in [0.3, 0.4) is 0 Å². The monoisotopic (exact) mass is 289 g/mol. The van der Waals surface area contributed by atoms with Gasteiger partial charge in [-0.05, 0) is 38.5 Å². The quantitative estimate of drug-likeness (QED) is 0.841. The molecule has 0 saturated carbocycles. The Balaban J connectivity index is 2.20. The fraction of sp³-hybridized carbons (Fsp3) is 0.294. The first-order valence-electron chi connectivity index (χ1n) is 6.68. The largest absolute Gasteiger partial charge is 0.495 e. The van der Waals surface area contributed by atoms with Gasteiger partial charge in [0.2, 0.25) is 0 Å². The molecule has 0 saturated heterocycles. The van der Waals surface area contributed by atoms with E-state index in [2.05, 4.69) is 44.3 Å². The van der Waals surface area contributed by atoms with Gasteiger partial charge in [0.25, 0.3) is 0 Å². The third kappa shape index (κ3) is 3.45. The smallest absolute Gasteiger partial charge is 0.139 e. The molecule has 2 aromatic carbocycles. The third-order valence-corrected chi connectivity index (χ3v) is 3.59. The molecule has 0 amide bonds. The van der Waals surface area contributed by atoms with Crippen molar-refractivity contribution in [2.45, 2.75) is 26.8 Å². The lowest BCUT2D eigenvalue weighted by Gasteiger charge is -2.18. The number of benzene rings is 2. The molecule has 0 radical (unpaired) electrons. The van der Waals surface area contributed by atoms with E-state index in [0.29, 0.717) is 10.8 Å². The van der Waals surface area contributed by atoms with Crippen molar-refractivity contribution < 1.29 is 4.74 Å². The Morgan fingerprint density at radius 3 is 2.30 bits per heavy atom. The highest BCUT2D eigenvalue weighted by Gasteiger charge is 2.08. The maximum atomic E-state index is 6.04. The standard InChI is InChI=1S/C17H20ClNO/c1-11-7-12(2)9-14(8-11)13(3)19-15-5-6-16(18)17(10-15)20-4/h5-10,13,19H,1-4H3. The minimum absolute atomic E-state index is 0.222. The summed E-state index contributed by atoms with van der Waals surface area (Å²) >= 11 is 6.04. The van der Waals surface area contributed by atoms with Gasteiger partial charge in [0.1, 0.15) is 5.75 Å². The average Bonchev–Trinajstić information content (AvgIpc) is 2.39. The number of anilines is 1. The number of ether oxygens (including phenoxy) is 1. The molecule has 0 fully saturated rings. The van der Waals surface area contributed by atoms with Crippen molar-refractivity contribution >= 4 is 17.3 Å². The Hall–Kier alpha value is -1.67. The maximum Gasteiger partial charge on any atom is 0.139 e. The molecule has 3 heteroatoms. The highest BCUT2D eigenvalue weighted by Crippen LogP contribution is 2.29. The summed E-state index contributed by atoms with van der Waals surface area (Å²) in [6.07, 6.45) is 0. The number of halogens is 1. The van der Waals surface area contributed by atoms with Crippen LogP contribution in [0.5, 0.6) is 5.75 Å². The van der Waals surface area contributed by atoms with E-state index >= 15 is 0 Å². The first kappa shape index (κ1) is 14.7. The van der Waals surface area contributed by atoms with Crippen LogP contribution in [0.25, 0.3) is 0 Å². The van der Waals surface area contributed by atoms with Crippen LogP contribution in [0.2, 0.25) is 5.02 Å². The van der Waals surface area contributed by atoms with Crippen molar-refractivity contribution in [3.63, 3.8) is 0 Å². The van der Waals surface area contributed by atoms with Gasteiger partial charge in [-0.15, -0.1) is 0 Å². The lowest BCUT2D eigenvalue weighted by molar-refractivity contribution is 0.415. The molecule has 1 unspecified atom stereocenters. The predicted molar refractivity (Wildman–Crippen MR) is 86.0 cm³/mol. The Bertz CT molecular complexity index is 590. The second kappa shape index (κ2) is 6.19. The molecule has 0 spiro atoms. The maximum absolute atomic E-state index is 6.04. The second-order valence-electron chi connectivity index (χ2n) is 5.14. The summed E-state index contributed by atoms with van der Waals surface area (Å²) < 4.78 is 5.24. The lowest BCUT2D eigenvalue weighted by atomic mass is 10.0. The van der Waals surface area contributed by atoms with E-state index < -0.39 is 0 Å². The molecular weight excluding hydrogens is 270 g/mol. The molecule has 0 bridgehead atoms. The molecule has 2 rings (SSSR count). The van der Waals surface area contributed by atoms with Crippen LogP contribution in [0.15, 0.2) is 36.4 Å². The van der Waals surface area contributed by atoms with E-state index in [1.807, 2.05) is 18.2 Å². The van der Waals surface area contributed by atoms with Crippen molar-refractivity contribution in [3.8, 4) is 5.75 Å². The fourth-order valence-electron chi connectivity index (χ4n) is 2.34. The summed E-state index contributed by atoms with van der Waals surface area (Å²) in [5.41, 5.74) is 4.83. The van der Waals surface area contributed by atoms with Crippen molar-refractivity contribution in [2.24, 2.45) is 0 Å². The minimum atomic E-state index is 0.222. The highest BCUT2D eigenvalue weighted by atomic mass is 35.5. The molecule has 0 heterocycles. The van der Waals surface area contributed by atoms with Gasteiger partial charge in [-0.25, -0.2) is 0 Å². The predicted octanol–water partition coefficient (Wildman–Crippen LogP) is 5.14. The van der Waals surface area contributed by atoms with Crippen LogP contribution >= 0.6 is 11.6 Å². The topological polar surface area (TPSA) is 21.3 Å². The number of hydrogen-bond acceptors (Lipinski definition) is 2. The van der Waals surface area contributed by atoms with E-state index in [9.17, 15) is 0 Å². The van der Waals surface area contributed by atoms with Crippen molar-refractivity contribution in [1.82, 2.24) is 0 Å².